The lowest BCUT2D eigenvalue weighted by atomic mass is 9.53. The van der Waals surface area contributed by atoms with E-state index in [4.69, 9.17) is 11.5 Å². The molecule has 0 spiro atoms. The van der Waals surface area contributed by atoms with Gasteiger partial charge in [-0.2, -0.15) is 0 Å². The van der Waals surface area contributed by atoms with E-state index >= 15 is 0 Å². The molecule has 4 N–H and O–H groups in total. The molecule has 8 heteroatoms. The minimum atomic E-state index is -0.443. The first kappa shape index (κ1) is 38.5. The number of aromatic nitrogens is 2. The lowest BCUT2D eigenvalue weighted by Crippen LogP contribution is -2.60. The van der Waals surface area contributed by atoms with Gasteiger partial charge in [0.1, 0.15) is 18.4 Å². The minimum Gasteiger partial charge on any atom is -0.339 e. The van der Waals surface area contributed by atoms with Gasteiger partial charge in [-0.25, -0.2) is 9.13 Å². The van der Waals surface area contributed by atoms with Crippen LogP contribution in [0.15, 0.2) is 18.7 Å². The second-order valence-electron chi connectivity index (χ2n) is 18.8. The highest BCUT2D eigenvalue weighted by atomic mass is 16.2. The molecule has 3 heterocycles. The largest absolute Gasteiger partial charge is 0.339 e. The van der Waals surface area contributed by atoms with Crippen LogP contribution < -0.4 is 16.0 Å². The van der Waals surface area contributed by atoms with E-state index in [0.717, 1.165) is 58.0 Å². The second kappa shape index (κ2) is 13.5. The Morgan fingerprint density at radius 3 is 1.57 bits per heavy atom. The number of carbonyl (C=O) groups excluding carboxylic acids is 2. The summed E-state index contributed by atoms with van der Waals surface area (Å²) in [6, 6.07) is 0.0871. The molecule has 2 amide bonds. The molecule has 0 saturated carbocycles. The first-order chi connectivity index (χ1) is 20.8. The van der Waals surface area contributed by atoms with Gasteiger partial charge in [0.25, 0.3) is 0 Å². The average molecular weight is 644 g/mol. The van der Waals surface area contributed by atoms with E-state index in [0.29, 0.717) is 12.8 Å². The Balaban J connectivity index is 2.07. The first-order valence-corrected chi connectivity index (χ1v) is 18.0. The summed E-state index contributed by atoms with van der Waals surface area (Å²) < 4.78 is 4.33. The van der Waals surface area contributed by atoms with E-state index in [-0.39, 0.29) is 51.6 Å². The van der Waals surface area contributed by atoms with Crippen LogP contribution >= 0.6 is 0 Å². The van der Waals surface area contributed by atoms with Crippen molar-refractivity contribution in [2.75, 3.05) is 13.1 Å². The molecule has 0 bridgehead atoms. The molecule has 0 radical (unpaired) electrons. The summed E-state index contributed by atoms with van der Waals surface area (Å²) in [5.41, 5.74) is 11.8. The van der Waals surface area contributed by atoms with Crippen molar-refractivity contribution < 1.29 is 14.2 Å². The predicted molar refractivity (Wildman–Crippen MR) is 189 cm³/mol. The summed E-state index contributed by atoms with van der Waals surface area (Å²) in [4.78, 5) is 31.6. The summed E-state index contributed by atoms with van der Waals surface area (Å²) in [5, 5.41) is 0. The number of imidazole rings is 1. The van der Waals surface area contributed by atoms with Crippen LogP contribution in [0.1, 0.15) is 147 Å². The van der Waals surface area contributed by atoms with E-state index in [1.54, 1.807) is 0 Å². The van der Waals surface area contributed by atoms with Crippen molar-refractivity contribution in [3.05, 3.63) is 18.7 Å². The minimum absolute atomic E-state index is 0.00366. The van der Waals surface area contributed by atoms with Crippen LogP contribution in [0.4, 0.5) is 0 Å². The second-order valence-corrected chi connectivity index (χ2v) is 18.8. The van der Waals surface area contributed by atoms with Crippen molar-refractivity contribution in [2.24, 2.45) is 40.2 Å². The van der Waals surface area contributed by atoms with E-state index in [1.165, 1.54) is 0 Å². The van der Waals surface area contributed by atoms with Crippen LogP contribution in [0.3, 0.4) is 0 Å². The Kier molecular flexibility index (Phi) is 11.3. The molecule has 3 atom stereocenters. The van der Waals surface area contributed by atoms with Crippen LogP contribution in [0.25, 0.3) is 0 Å². The Morgan fingerprint density at radius 1 is 0.674 bits per heavy atom. The molecule has 1 aromatic heterocycles. The van der Waals surface area contributed by atoms with Gasteiger partial charge in [-0.15, -0.1) is 0 Å². The number of hydrogen-bond acceptors (Lipinski definition) is 4. The monoisotopic (exact) mass is 644 g/mol. The fraction of sp³-hybridized carbons (Fsp3) is 0.868. The summed E-state index contributed by atoms with van der Waals surface area (Å²) in [6.07, 6.45) is 14.0. The normalized spacial score (nSPS) is 20.2. The molecule has 1 aromatic rings. The molecule has 0 aromatic carbocycles. The van der Waals surface area contributed by atoms with E-state index in [2.05, 4.69) is 121 Å². The molecule has 0 aliphatic carbocycles. The Morgan fingerprint density at radius 2 is 1.13 bits per heavy atom. The van der Waals surface area contributed by atoms with Gasteiger partial charge in [-0.1, -0.05) is 61.8 Å². The summed E-state index contributed by atoms with van der Waals surface area (Å²) in [6.45, 7) is 28.9. The Bertz CT molecular complexity index is 1200. The van der Waals surface area contributed by atoms with Gasteiger partial charge in [-0.3, -0.25) is 9.59 Å². The van der Waals surface area contributed by atoms with Gasteiger partial charge in [0, 0.05) is 43.6 Å². The molecular weight excluding hydrogens is 572 g/mol. The van der Waals surface area contributed by atoms with E-state index in [9.17, 15) is 9.59 Å². The number of likely N-dealkylation sites (tertiary alicyclic amines) is 2. The summed E-state index contributed by atoms with van der Waals surface area (Å²) >= 11 is 0. The van der Waals surface area contributed by atoms with Gasteiger partial charge < -0.3 is 21.3 Å². The topological polar surface area (TPSA) is 101 Å². The highest BCUT2D eigenvalue weighted by molar-refractivity contribution is 5.78. The zero-order chi connectivity index (χ0) is 35.1. The zero-order valence-corrected chi connectivity index (χ0v) is 32.0. The SMILES string of the molecule is C[n+]1ccn(C(CC(C)(C)C(C)(C)C(CC(C)(C)C(C)(C)C(CC(C)(C)N)N2CCCCCC2=O)N2CCCC2=O)C(C)(C)N)c1. The molecular formula is C38H71N6O2+. The maximum absolute atomic E-state index is 13.6. The fourth-order valence-electron chi connectivity index (χ4n) is 8.14. The quantitative estimate of drug-likeness (QED) is 0.230. The number of hydrogen-bond donors (Lipinski definition) is 2. The van der Waals surface area contributed by atoms with Crippen molar-refractivity contribution in [2.45, 2.75) is 170 Å². The number of carbonyl (C=O) groups is 2. The van der Waals surface area contributed by atoms with E-state index < -0.39 is 11.1 Å². The van der Waals surface area contributed by atoms with Crippen molar-refractivity contribution in [1.82, 2.24) is 14.4 Å². The van der Waals surface area contributed by atoms with Gasteiger partial charge in [0.15, 0.2) is 0 Å². The van der Waals surface area contributed by atoms with Crippen LogP contribution in [0.2, 0.25) is 0 Å². The van der Waals surface area contributed by atoms with Crippen LogP contribution in [-0.4, -0.2) is 62.4 Å². The highest BCUT2D eigenvalue weighted by Crippen LogP contribution is 2.56. The smallest absolute Gasteiger partial charge is 0.243 e. The molecule has 8 nitrogen and oxygen atoms in total. The molecule has 264 valence electrons. The number of nitrogens with two attached hydrogens (primary N) is 2. The highest BCUT2D eigenvalue weighted by Gasteiger charge is 2.55. The number of aryl methyl sites for hydroxylation is 1. The van der Waals surface area contributed by atoms with Crippen LogP contribution in [0, 0.1) is 21.7 Å². The summed E-state index contributed by atoms with van der Waals surface area (Å²) in [7, 11) is 2.04. The third-order valence-corrected chi connectivity index (χ3v) is 12.8. The molecule has 46 heavy (non-hydrogen) atoms. The lowest BCUT2D eigenvalue weighted by molar-refractivity contribution is -0.671. The number of nitrogens with zero attached hydrogens (tertiary/aromatic N) is 4. The molecule has 2 saturated heterocycles. The molecule has 2 fully saturated rings. The van der Waals surface area contributed by atoms with Gasteiger partial charge >= 0.3 is 0 Å². The molecule has 3 unspecified atom stereocenters. The van der Waals surface area contributed by atoms with Crippen LogP contribution in [0.5, 0.6) is 0 Å². The summed E-state index contributed by atoms with van der Waals surface area (Å²) in [5.74, 6) is 0.523. The fourth-order valence-corrected chi connectivity index (χ4v) is 8.14. The lowest BCUT2D eigenvalue weighted by Gasteiger charge is -2.57. The Hall–Kier alpha value is -1.93. The van der Waals surface area contributed by atoms with Crippen molar-refractivity contribution in [1.29, 1.82) is 0 Å². The van der Waals surface area contributed by atoms with Gasteiger partial charge in [-0.05, 0) is 87.9 Å². The van der Waals surface area contributed by atoms with Gasteiger partial charge in [0.05, 0.1) is 12.6 Å². The maximum atomic E-state index is 13.6. The van der Waals surface area contributed by atoms with Crippen LogP contribution in [-0.2, 0) is 16.6 Å². The standard InChI is InChI=1S/C38H71N6O2/c1-33(2,37(9,10)29(26-35(5,6)39)43-20-16-14-15-18-31(43)45)24-28(44-21-17-19-32(44)46)36(7,8)34(3,4)25-30(38(11,12)40)42-23-22-41(13)27-42/h22-23,27-30H,14-21,24-26,39-40H2,1-13H3/q+1. The van der Waals surface area contributed by atoms with E-state index in [1.807, 2.05) is 7.05 Å². The van der Waals surface area contributed by atoms with Crippen molar-refractivity contribution >= 4 is 11.8 Å². The Labute approximate surface area is 282 Å². The zero-order valence-electron chi connectivity index (χ0n) is 32.0. The third kappa shape index (κ3) is 8.37. The van der Waals surface area contributed by atoms with Crippen molar-refractivity contribution in [3.8, 4) is 0 Å². The maximum Gasteiger partial charge on any atom is 0.243 e. The molecule has 2 aliphatic rings. The molecule has 2 aliphatic heterocycles. The number of rotatable bonds is 14. The third-order valence-electron chi connectivity index (χ3n) is 12.8. The number of amides is 2. The van der Waals surface area contributed by atoms with Gasteiger partial charge in [0.2, 0.25) is 18.1 Å². The van der Waals surface area contributed by atoms with Crippen molar-refractivity contribution in [3.63, 3.8) is 0 Å². The molecule has 3 rings (SSSR count). The first-order valence-electron chi connectivity index (χ1n) is 18.0. The predicted octanol–water partition coefficient (Wildman–Crippen LogP) is 6.37. The average Bonchev–Trinajstić information content (AvgIpc) is 3.46.